The third-order valence-corrected chi connectivity index (χ3v) is 3.71. The number of carbonyl (C=O) groups excluding carboxylic acids is 2. The number of anilines is 2. The summed E-state index contributed by atoms with van der Waals surface area (Å²) >= 11 is 0. The van der Waals surface area contributed by atoms with Crippen LogP contribution in [0.2, 0.25) is 0 Å². The molecule has 0 bridgehead atoms. The van der Waals surface area contributed by atoms with E-state index in [1.165, 1.54) is 5.56 Å². The number of benzene rings is 2. The zero-order valence-corrected chi connectivity index (χ0v) is 14.8. The van der Waals surface area contributed by atoms with Crippen LogP contribution in [0.4, 0.5) is 11.4 Å². The molecule has 5 nitrogen and oxygen atoms in total. The maximum atomic E-state index is 12.0. The molecule has 2 aromatic carbocycles. The summed E-state index contributed by atoms with van der Waals surface area (Å²) in [4.78, 5) is 23.6. The van der Waals surface area contributed by atoms with Crippen molar-refractivity contribution < 1.29 is 14.3 Å². The molecule has 2 rings (SSSR count). The molecule has 0 unspecified atom stereocenters. The number of hydrogen-bond acceptors (Lipinski definition) is 4. The van der Waals surface area contributed by atoms with Gasteiger partial charge in [-0.15, -0.1) is 0 Å². The molecule has 0 aliphatic carbocycles. The number of ether oxygens (including phenoxy) is 1. The fraction of sp³-hybridized carbons (Fsp3) is 0.300. The van der Waals surface area contributed by atoms with E-state index in [2.05, 4.69) is 24.5 Å². The van der Waals surface area contributed by atoms with E-state index in [0.717, 1.165) is 11.4 Å². The van der Waals surface area contributed by atoms with Crippen molar-refractivity contribution in [3.05, 3.63) is 59.7 Å². The van der Waals surface area contributed by atoms with Gasteiger partial charge in [0.25, 0.3) is 0 Å². The maximum Gasteiger partial charge on any atom is 0.338 e. The second-order valence-electron chi connectivity index (χ2n) is 5.98. The first-order valence-electron chi connectivity index (χ1n) is 8.40. The van der Waals surface area contributed by atoms with E-state index in [4.69, 9.17) is 4.74 Å². The van der Waals surface area contributed by atoms with Crippen LogP contribution in [0, 0.1) is 0 Å². The smallest absolute Gasteiger partial charge is 0.338 e. The number of hydrogen-bond donors (Lipinski definition) is 2. The molecule has 0 heterocycles. The van der Waals surface area contributed by atoms with Gasteiger partial charge in [-0.2, -0.15) is 0 Å². The molecule has 0 saturated carbocycles. The summed E-state index contributed by atoms with van der Waals surface area (Å²) in [6, 6.07) is 14.7. The van der Waals surface area contributed by atoms with Crippen molar-refractivity contribution in [2.75, 3.05) is 23.8 Å². The number of amides is 1. The van der Waals surface area contributed by atoms with Gasteiger partial charge in [-0.05, 0) is 54.8 Å². The zero-order chi connectivity index (χ0) is 18.2. The lowest BCUT2D eigenvalue weighted by atomic mass is 10.0. The Kier molecular flexibility index (Phi) is 6.57. The van der Waals surface area contributed by atoms with Crippen LogP contribution in [-0.2, 0) is 9.53 Å². The lowest BCUT2D eigenvalue weighted by Gasteiger charge is -2.10. The third-order valence-electron chi connectivity index (χ3n) is 3.71. The summed E-state index contributed by atoms with van der Waals surface area (Å²) in [6.07, 6.45) is 0. The number of esters is 1. The Bertz CT molecular complexity index is 707. The Hall–Kier alpha value is -2.82. The molecule has 5 heteroatoms. The van der Waals surface area contributed by atoms with Gasteiger partial charge in [0, 0.05) is 11.4 Å². The van der Waals surface area contributed by atoms with E-state index in [0.29, 0.717) is 18.1 Å². The van der Waals surface area contributed by atoms with Crippen LogP contribution in [0.25, 0.3) is 0 Å². The monoisotopic (exact) mass is 340 g/mol. The van der Waals surface area contributed by atoms with Crippen LogP contribution >= 0.6 is 0 Å². The van der Waals surface area contributed by atoms with E-state index in [9.17, 15) is 9.59 Å². The Morgan fingerprint density at radius 1 is 0.960 bits per heavy atom. The lowest BCUT2D eigenvalue weighted by molar-refractivity contribution is -0.114. The summed E-state index contributed by atoms with van der Waals surface area (Å²) in [7, 11) is 0. The highest BCUT2D eigenvalue weighted by Crippen LogP contribution is 2.17. The standard InChI is InChI=1S/C20H24N2O3/c1-4-25-20(24)16-7-9-17(10-8-16)21-13-19(23)22-18-11-5-15(6-12-18)14(2)3/h5-12,14,21H,4,13H2,1-3H3,(H,22,23). The van der Waals surface area contributed by atoms with E-state index in [1.807, 2.05) is 24.3 Å². The van der Waals surface area contributed by atoms with E-state index in [1.54, 1.807) is 31.2 Å². The first kappa shape index (κ1) is 18.5. The fourth-order valence-electron chi connectivity index (χ4n) is 2.28. The fourth-order valence-corrected chi connectivity index (χ4v) is 2.28. The first-order valence-corrected chi connectivity index (χ1v) is 8.40. The highest BCUT2D eigenvalue weighted by molar-refractivity contribution is 5.94. The summed E-state index contributed by atoms with van der Waals surface area (Å²) in [6.45, 7) is 6.51. The molecule has 1 amide bonds. The van der Waals surface area contributed by atoms with Crippen LogP contribution < -0.4 is 10.6 Å². The average Bonchev–Trinajstić information content (AvgIpc) is 2.61. The number of carbonyl (C=O) groups is 2. The van der Waals surface area contributed by atoms with Crippen molar-refractivity contribution >= 4 is 23.3 Å². The molecular formula is C20H24N2O3. The third kappa shape index (κ3) is 5.64. The van der Waals surface area contributed by atoms with Crippen LogP contribution in [-0.4, -0.2) is 25.0 Å². The highest BCUT2D eigenvalue weighted by Gasteiger charge is 2.07. The quantitative estimate of drug-likeness (QED) is 0.747. The molecule has 2 N–H and O–H groups in total. The molecule has 0 radical (unpaired) electrons. The molecule has 0 fully saturated rings. The molecule has 132 valence electrons. The molecule has 0 aliphatic heterocycles. The molecule has 2 aromatic rings. The summed E-state index contributed by atoms with van der Waals surface area (Å²) in [5.74, 6) is -0.0209. The van der Waals surface area contributed by atoms with Crippen LogP contribution in [0.5, 0.6) is 0 Å². The average molecular weight is 340 g/mol. The predicted molar refractivity (Wildman–Crippen MR) is 100 cm³/mol. The van der Waals surface area contributed by atoms with Crippen LogP contribution in [0.1, 0.15) is 42.6 Å². The minimum atomic E-state index is -0.350. The first-order chi connectivity index (χ1) is 12.0. The lowest BCUT2D eigenvalue weighted by Crippen LogP contribution is -2.21. The van der Waals surface area contributed by atoms with Crippen molar-refractivity contribution in [3.8, 4) is 0 Å². The van der Waals surface area contributed by atoms with Gasteiger partial charge in [-0.25, -0.2) is 4.79 Å². The predicted octanol–water partition coefficient (Wildman–Crippen LogP) is 4.04. The van der Waals surface area contributed by atoms with E-state index in [-0.39, 0.29) is 18.4 Å². The summed E-state index contributed by atoms with van der Waals surface area (Å²) in [5.41, 5.74) is 3.26. The van der Waals surface area contributed by atoms with Gasteiger partial charge < -0.3 is 15.4 Å². The van der Waals surface area contributed by atoms with Crippen molar-refractivity contribution in [3.63, 3.8) is 0 Å². The van der Waals surface area contributed by atoms with Gasteiger partial charge >= 0.3 is 5.97 Å². The van der Waals surface area contributed by atoms with E-state index < -0.39 is 0 Å². The second kappa shape index (κ2) is 8.87. The van der Waals surface area contributed by atoms with Gasteiger partial charge in [-0.3, -0.25) is 4.79 Å². The minimum absolute atomic E-state index is 0.133. The summed E-state index contributed by atoms with van der Waals surface area (Å²) in [5, 5.41) is 5.88. The van der Waals surface area contributed by atoms with Gasteiger partial charge in [0.15, 0.2) is 0 Å². The molecule has 25 heavy (non-hydrogen) atoms. The number of nitrogens with one attached hydrogen (secondary N) is 2. The van der Waals surface area contributed by atoms with Crippen LogP contribution in [0.3, 0.4) is 0 Å². The van der Waals surface area contributed by atoms with Crippen molar-refractivity contribution in [2.24, 2.45) is 0 Å². The Labute approximate surface area is 148 Å². The van der Waals surface area contributed by atoms with Crippen LogP contribution in [0.15, 0.2) is 48.5 Å². The SMILES string of the molecule is CCOC(=O)c1ccc(NCC(=O)Nc2ccc(C(C)C)cc2)cc1. The van der Waals surface area contributed by atoms with Gasteiger partial charge in [0.1, 0.15) is 0 Å². The summed E-state index contributed by atoms with van der Waals surface area (Å²) < 4.78 is 4.93. The largest absolute Gasteiger partial charge is 0.462 e. The maximum absolute atomic E-state index is 12.0. The zero-order valence-electron chi connectivity index (χ0n) is 14.8. The van der Waals surface area contributed by atoms with E-state index >= 15 is 0 Å². The highest BCUT2D eigenvalue weighted by atomic mass is 16.5. The number of rotatable bonds is 7. The molecule has 0 atom stereocenters. The molecule has 0 saturated heterocycles. The van der Waals surface area contributed by atoms with Gasteiger partial charge in [0.05, 0.1) is 18.7 Å². The minimum Gasteiger partial charge on any atom is -0.462 e. The Balaban J connectivity index is 1.84. The molecule has 0 spiro atoms. The van der Waals surface area contributed by atoms with Gasteiger partial charge in [0.2, 0.25) is 5.91 Å². The molecule has 0 aromatic heterocycles. The second-order valence-corrected chi connectivity index (χ2v) is 5.98. The topological polar surface area (TPSA) is 67.4 Å². The van der Waals surface area contributed by atoms with Crippen molar-refractivity contribution in [2.45, 2.75) is 26.7 Å². The Morgan fingerprint density at radius 2 is 1.56 bits per heavy atom. The molecule has 0 aliphatic rings. The van der Waals surface area contributed by atoms with Gasteiger partial charge in [-0.1, -0.05) is 26.0 Å². The molecular weight excluding hydrogens is 316 g/mol. The Morgan fingerprint density at radius 3 is 2.12 bits per heavy atom. The van der Waals surface area contributed by atoms with Crippen molar-refractivity contribution in [1.29, 1.82) is 0 Å². The normalized spacial score (nSPS) is 10.4. The van der Waals surface area contributed by atoms with Crippen molar-refractivity contribution in [1.82, 2.24) is 0 Å².